The molecular weight excluding hydrogens is 246 g/mol. The summed E-state index contributed by atoms with van der Waals surface area (Å²) in [4.78, 5) is 13.6. The van der Waals surface area contributed by atoms with E-state index in [4.69, 9.17) is 0 Å². The fourth-order valence-electron chi connectivity index (χ4n) is 2.58. The minimum absolute atomic E-state index is 0.256. The van der Waals surface area contributed by atoms with Crippen LogP contribution in [0.2, 0.25) is 0 Å². The Hall–Kier alpha value is -1.75. The predicted octanol–water partition coefficient (Wildman–Crippen LogP) is 1.47. The number of nitrogens with zero attached hydrogens (tertiary/aromatic N) is 1. The zero-order chi connectivity index (χ0) is 14.0. The molecule has 1 aromatic rings. The van der Waals surface area contributed by atoms with Crippen LogP contribution in [0.5, 0.6) is 11.5 Å². The van der Waals surface area contributed by atoms with Gasteiger partial charge in [0.1, 0.15) is 0 Å². The average Bonchev–Trinajstić information content (AvgIpc) is 2.78. The first kappa shape index (κ1) is 13.7. The second-order valence-electron chi connectivity index (χ2n) is 5.30. The largest absolute Gasteiger partial charge is 0.504 e. The van der Waals surface area contributed by atoms with Gasteiger partial charge in [0, 0.05) is 19.2 Å². The lowest BCUT2D eigenvalue weighted by atomic mass is 10.0. The number of amides is 1. The van der Waals surface area contributed by atoms with E-state index in [-0.39, 0.29) is 24.0 Å². The molecule has 104 valence electrons. The van der Waals surface area contributed by atoms with E-state index in [1.54, 1.807) is 7.05 Å². The molecule has 0 aromatic heterocycles. The molecule has 2 rings (SSSR count). The van der Waals surface area contributed by atoms with E-state index in [2.05, 4.69) is 0 Å². The SMILES string of the molecule is CN(CC1(O)CCCC1)C(=O)c1ccc(O)c(O)c1. The van der Waals surface area contributed by atoms with Crippen molar-refractivity contribution in [1.82, 2.24) is 4.90 Å². The third-order valence-corrected chi connectivity index (χ3v) is 3.63. The first-order valence-electron chi connectivity index (χ1n) is 6.41. The van der Waals surface area contributed by atoms with Crippen LogP contribution >= 0.6 is 0 Å². The fourth-order valence-corrected chi connectivity index (χ4v) is 2.58. The summed E-state index contributed by atoms with van der Waals surface area (Å²) in [5.74, 6) is -0.858. The van der Waals surface area contributed by atoms with Gasteiger partial charge >= 0.3 is 0 Å². The van der Waals surface area contributed by atoms with Crippen LogP contribution in [0.4, 0.5) is 0 Å². The van der Waals surface area contributed by atoms with Crippen molar-refractivity contribution in [2.75, 3.05) is 13.6 Å². The molecule has 1 saturated carbocycles. The second kappa shape index (κ2) is 5.09. The molecule has 0 saturated heterocycles. The molecular formula is C14H19NO4. The van der Waals surface area contributed by atoms with E-state index in [0.717, 1.165) is 12.8 Å². The van der Waals surface area contributed by atoms with Crippen LogP contribution in [0.15, 0.2) is 18.2 Å². The minimum atomic E-state index is -0.788. The second-order valence-corrected chi connectivity index (χ2v) is 5.30. The molecule has 19 heavy (non-hydrogen) atoms. The maximum absolute atomic E-state index is 12.2. The number of carbonyl (C=O) groups excluding carboxylic acids is 1. The highest BCUT2D eigenvalue weighted by Gasteiger charge is 2.33. The molecule has 0 unspecified atom stereocenters. The summed E-state index contributed by atoms with van der Waals surface area (Å²) < 4.78 is 0. The molecule has 1 aliphatic rings. The zero-order valence-corrected chi connectivity index (χ0v) is 11.0. The predicted molar refractivity (Wildman–Crippen MR) is 70.1 cm³/mol. The molecule has 1 aliphatic carbocycles. The molecule has 0 aliphatic heterocycles. The Morgan fingerprint density at radius 1 is 1.26 bits per heavy atom. The van der Waals surface area contributed by atoms with Crippen LogP contribution in [-0.2, 0) is 0 Å². The average molecular weight is 265 g/mol. The van der Waals surface area contributed by atoms with E-state index < -0.39 is 5.60 Å². The van der Waals surface area contributed by atoms with Crippen molar-refractivity contribution in [3.05, 3.63) is 23.8 Å². The molecule has 1 aromatic carbocycles. The number of benzene rings is 1. The summed E-state index contributed by atoms with van der Waals surface area (Å²) in [6, 6.07) is 3.96. The van der Waals surface area contributed by atoms with E-state index in [1.807, 2.05) is 0 Å². The van der Waals surface area contributed by atoms with Crippen molar-refractivity contribution < 1.29 is 20.1 Å². The monoisotopic (exact) mass is 265 g/mol. The van der Waals surface area contributed by atoms with Gasteiger partial charge in [-0.1, -0.05) is 12.8 Å². The molecule has 5 heteroatoms. The van der Waals surface area contributed by atoms with Crippen LogP contribution < -0.4 is 0 Å². The van der Waals surface area contributed by atoms with Gasteiger partial charge in [-0.25, -0.2) is 0 Å². The number of phenols is 2. The Labute approximate surface area is 112 Å². The number of likely N-dealkylation sites (N-methyl/N-ethyl adjacent to an activating group) is 1. The maximum Gasteiger partial charge on any atom is 0.253 e. The highest BCUT2D eigenvalue weighted by atomic mass is 16.3. The number of hydrogen-bond acceptors (Lipinski definition) is 4. The van der Waals surface area contributed by atoms with Gasteiger partial charge in [-0.2, -0.15) is 0 Å². The lowest BCUT2D eigenvalue weighted by Gasteiger charge is -2.28. The quantitative estimate of drug-likeness (QED) is 0.723. The lowest BCUT2D eigenvalue weighted by Crippen LogP contribution is -2.42. The lowest BCUT2D eigenvalue weighted by molar-refractivity contribution is 0.0156. The highest BCUT2D eigenvalue weighted by Crippen LogP contribution is 2.30. The smallest absolute Gasteiger partial charge is 0.253 e. The van der Waals surface area contributed by atoms with Gasteiger partial charge in [0.25, 0.3) is 5.91 Å². The Kier molecular flexibility index (Phi) is 3.66. The topological polar surface area (TPSA) is 81.0 Å². The Morgan fingerprint density at radius 3 is 2.47 bits per heavy atom. The van der Waals surface area contributed by atoms with Gasteiger partial charge in [-0.3, -0.25) is 4.79 Å². The number of carbonyl (C=O) groups is 1. The number of hydrogen-bond donors (Lipinski definition) is 3. The van der Waals surface area contributed by atoms with Crippen LogP contribution in [0, 0.1) is 0 Å². The molecule has 5 nitrogen and oxygen atoms in total. The molecule has 0 spiro atoms. The summed E-state index contributed by atoms with van der Waals surface area (Å²) in [6.45, 7) is 0.285. The fraction of sp³-hybridized carbons (Fsp3) is 0.500. The van der Waals surface area contributed by atoms with E-state index in [0.29, 0.717) is 18.4 Å². The molecule has 1 amide bonds. The number of rotatable bonds is 3. The Bertz CT molecular complexity index is 480. The highest BCUT2D eigenvalue weighted by molar-refractivity contribution is 5.94. The van der Waals surface area contributed by atoms with Gasteiger partial charge in [0.05, 0.1) is 5.60 Å². The Balaban J connectivity index is 2.08. The van der Waals surface area contributed by atoms with Crippen LogP contribution in [0.3, 0.4) is 0 Å². The van der Waals surface area contributed by atoms with Gasteiger partial charge in [-0.15, -0.1) is 0 Å². The first-order valence-corrected chi connectivity index (χ1v) is 6.41. The molecule has 0 heterocycles. The third kappa shape index (κ3) is 2.98. The van der Waals surface area contributed by atoms with Crippen molar-refractivity contribution in [1.29, 1.82) is 0 Å². The molecule has 0 radical (unpaired) electrons. The van der Waals surface area contributed by atoms with Crippen LogP contribution in [0.25, 0.3) is 0 Å². The van der Waals surface area contributed by atoms with Crippen molar-refractivity contribution >= 4 is 5.91 Å². The summed E-state index contributed by atoms with van der Waals surface area (Å²) in [7, 11) is 1.63. The maximum atomic E-state index is 12.2. The number of aliphatic hydroxyl groups is 1. The standard InChI is InChI=1S/C14H19NO4/c1-15(9-14(19)6-2-3-7-14)13(18)10-4-5-11(16)12(17)8-10/h4-5,8,16-17,19H,2-3,6-7,9H2,1H3. The molecule has 0 bridgehead atoms. The minimum Gasteiger partial charge on any atom is -0.504 e. The van der Waals surface area contributed by atoms with E-state index in [9.17, 15) is 20.1 Å². The molecule has 0 atom stereocenters. The van der Waals surface area contributed by atoms with Gasteiger partial charge in [-0.05, 0) is 31.0 Å². The summed E-state index contributed by atoms with van der Waals surface area (Å²) in [5, 5.41) is 28.9. The van der Waals surface area contributed by atoms with Crippen LogP contribution in [0.1, 0.15) is 36.0 Å². The van der Waals surface area contributed by atoms with Crippen molar-refractivity contribution in [3.63, 3.8) is 0 Å². The van der Waals surface area contributed by atoms with Crippen LogP contribution in [-0.4, -0.2) is 45.3 Å². The van der Waals surface area contributed by atoms with E-state index in [1.165, 1.54) is 23.1 Å². The van der Waals surface area contributed by atoms with Gasteiger partial charge in [0.2, 0.25) is 0 Å². The number of phenolic OH excluding ortho intramolecular Hbond substituents is 2. The van der Waals surface area contributed by atoms with Crippen molar-refractivity contribution in [3.8, 4) is 11.5 Å². The molecule has 1 fully saturated rings. The first-order chi connectivity index (χ1) is 8.91. The third-order valence-electron chi connectivity index (χ3n) is 3.63. The van der Waals surface area contributed by atoms with Gasteiger partial charge in [0.15, 0.2) is 11.5 Å². The van der Waals surface area contributed by atoms with Gasteiger partial charge < -0.3 is 20.2 Å². The Morgan fingerprint density at radius 2 is 1.89 bits per heavy atom. The van der Waals surface area contributed by atoms with Crippen molar-refractivity contribution in [2.45, 2.75) is 31.3 Å². The molecule has 3 N–H and O–H groups in total. The zero-order valence-electron chi connectivity index (χ0n) is 11.0. The summed E-state index contributed by atoms with van der Waals surface area (Å²) >= 11 is 0. The summed E-state index contributed by atoms with van der Waals surface area (Å²) in [6.07, 6.45) is 3.40. The van der Waals surface area contributed by atoms with Crippen molar-refractivity contribution in [2.24, 2.45) is 0 Å². The summed E-state index contributed by atoms with van der Waals surface area (Å²) in [5.41, 5.74) is -0.497. The normalized spacial score (nSPS) is 17.4. The van der Waals surface area contributed by atoms with E-state index >= 15 is 0 Å². The number of aromatic hydroxyl groups is 2.